The number of nitrogens with zero attached hydrogens (tertiary/aromatic N) is 1. The molecule has 1 unspecified atom stereocenters. The first kappa shape index (κ1) is 20.6. The lowest BCUT2D eigenvalue weighted by molar-refractivity contribution is -0.136. The Morgan fingerprint density at radius 2 is 2.14 bits per heavy atom. The zero-order valence-corrected chi connectivity index (χ0v) is 17.4. The van der Waals surface area contributed by atoms with E-state index in [1.54, 1.807) is 16.2 Å². The van der Waals surface area contributed by atoms with Crippen molar-refractivity contribution in [2.45, 2.75) is 45.6 Å². The Bertz CT molecular complexity index is 798. The third-order valence-corrected chi connectivity index (χ3v) is 5.95. The Balaban J connectivity index is 1.62. The zero-order chi connectivity index (χ0) is 19.9. The topological polar surface area (TPSA) is 58.6 Å². The Morgan fingerprint density at radius 3 is 2.86 bits per heavy atom. The largest absolute Gasteiger partial charge is 0.376 e. The molecule has 1 aromatic heterocycles. The summed E-state index contributed by atoms with van der Waals surface area (Å²) >= 11 is 1.63. The minimum atomic E-state index is -0.171. The summed E-state index contributed by atoms with van der Waals surface area (Å²) in [6, 6.07) is 7.87. The number of aryl methyl sites for hydroxylation is 2. The van der Waals surface area contributed by atoms with Gasteiger partial charge < -0.3 is 15.0 Å². The van der Waals surface area contributed by atoms with Crippen LogP contribution in [-0.2, 0) is 20.7 Å². The summed E-state index contributed by atoms with van der Waals surface area (Å²) in [6.07, 6.45) is 3.07. The average molecular weight is 401 g/mol. The van der Waals surface area contributed by atoms with Gasteiger partial charge in [0.15, 0.2) is 0 Å². The highest BCUT2D eigenvalue weighted by molar-refractivity contribution is 7.07. The van der Waals surface area contributed by atoms with Crippen molar-refractivity contribution in [3.8, 4) is 0 Å². The molecule has 1 atom stereocenters. The molecule has 0 bridgehead atoms. The lowest BCUT2D eigenvalue weighted by Gasteiger charge is -2.25. The summed E-state index contributed by atoms with van der Waals surface area (Å²) < 4.78 is 5.69. The summed E-state index contributed by atoms with van der Waals surface area (Å²) in [6.45, 7) is 5.26. The van der Waals surface area contributed by atoms with Crippen LogP contribution in [0.3, 0.4) is 0 Å². The van der Waals surface area contributed by atoms with E-state index >= 15 is 0 Å². The van der Waals surface area contributed by atoms with Crippen LogP contribution in [0.2, 0.25) is 0 Å². The molecule has 1 saturated heterocycles. The van der Waals surface area contributed by atoms with Gasteiger partial charge in [0.2, 0.25) is 11.8 Å². The molecule has 1 fully saturated rings. The summed E-state index contributed by atoms with van der Waals surface area (Å²) in [5.41, 5.74) is 4.13. The molecule has 3 rings (SSSR count). The van der Waals surface area contributed by atoms with Crippen molar-refractivity contribution in [3.63, 3.8) is 0 Å². The molecular weight excluding hydrogens is 372 g/mol. The maximum Gasteiger partial charge on any atom is 0.244 e. The van der Waals surface area contributed by atoms with Crippen molar-refractivity contribution >= 4 is 28.8 Å². The molecule has 2 aromatic rings. The van der Waals surface area contributed by atoms with Crippen LogP contribution >= 0.6 is 11.3 Å². The molecule has 28 heavy (non-hydrogen) atoms. The molecule has 5 nitrogen and oxygen atoms in total. The summed E-state index contributed by atoms with van der Waals surface area (Å²) in [7, 11) is 0. The van der Waals surface area contributed by atoms with Crippen LogP contribution < -0.4 is 5.32 Å². The minimum Gasteiger partial charge on any atom is -0.376 e. The number of hydrogen-bond donors (Lipinski definition) is 1. The van der Waals surface area contributed by atoms with E-state index in [2.05, 4.69) is 10.7 Å². The molecule has 1 aromatic carbocycles. The van der Waals surface area contributed by atoms with E-state index < -0.39 is 0 Å². The lowest BCUT2D eigenvalue weighted by Crippen LogP contribution is -2.42. The molecule has 1 aliphatic rings. The second-order valence-electron chi connectivity index (χ2n) is 7.34. The highest BCUT2D eigenvalue weighted by Crippen LogP contribution is 2.19. The van der Waals surface area contributed by atoms with Crippen LogP contribution in [0.1, 0.15) is 36.0 Å². The van der Waals surface area contributed by atoms with Gasteiger partial charge in [-0.3, -0.25) is 9.59 Å². The van der Waals surface area contributed by atoms with Crippen LogP contribution in [0.15, 0.2) is 35.0 Å². The van der Waals surface area contributed by atoms with Crippen LogP contribution in [0.4, 0.5) is 5.69 Å². The number of amides is 2. The number of ether oxygens (including phenoxy) is 1. The predicted molar refractivity (Wildman–Crippen MR) is 113 cm³/mol. The lowest BCUT2D eigenvalue weighted by atomic mass is 10.1. The Morgan fingerprint density at radius 1 is 1.29 bits per heavy atom. The highest BCUT2D eigenvalue weighted by atomic mass is 32.1. The van der Waals surface area contributed by atoms with E-state index in [0.717, 1.165) is 41.8 Å². The quantitative estimate of drug-likeness (QED) is 0.730. The molecule has 0 spiro atoms. The second-order valence-corrected chi connectivity index (χ2v) is 8.12. The Kier molecular flexibility index (Phi) is 7.23. The van der Waals surface area contributed by atoms with Gasteiger partial charge in [-0.2, -0.15) is 11.3 Å². The monoisotopic (exact) mass is 400 g/mol. The smallest absolute Gasteiger partial charge is 0.244 e. The molecule has 6 heteroatoms. The summed E-state index contributed by atoms with van der Waals surface area (Å²) in [5.74, 6) is -0.173. The van der Waals surface area contributed by atoms with Crippen LogP contribution in [-0.4, -0.2) is 42.5 Å². The first-order valence-electron chi connectivity index (χ1n) is 9.79. The van der Waals surface area contributed by atoms with Crippen molar-refractivity contribution in [3.05, 3.63) is 51.7 Å². The van der Waals surface area contributed by atoms with Gasteiger partial charge in [0.1, 0.15) is 0 Å². The molecule has 2 amide bonds. The number of carbonyl (C=O) groups is 2. The Hall–Kier alpha value is -2.18. The average Bonchev–Trinajstić information content (AvgIpc) is 3.37. The van der Waals surface area contributed by atoms with Crippen molar-refractivity contribution in [1.82, 2.24) is 4.90 Å². The van der Waals surface area contributed by atoms with Gasteiger partial charge in [0.05, 0.1) is 12.6 Å². The van der Waals surface area contributed by atoms with Crippen LogP contribution in [0, 0.1) is 13.8 Å². The fraction of sp³-hybridized carbons (Fsp3) is 0.455. The van der Waals surface area contributed by atoms with E-state index in [0.29, 0.717) is 19.4 Å². The second kappa shape index (κ2) is 9.85. The van der Waals surface area contributed by atoms with Gasteiger partial charge in [0, 0.05) is 25.3 Å². The highest BCUT2D eigenvalue weighted by Gasteiger charge is 2.24. The summed E-state index contributed by atoms with van der Waals surface area (Å²) in [5, 5.41) is 7.03. The molecule has 0 saturated carbocycles. The van der Waals surface area contributed by atoms with E-state index in [4.69, 9.17) is 4.74 Å². The predicted octanol–water partition coefficient (Wildman–Crippen LogP) is 3.94. The van der Waals surface area contributed by atoms with Crippen LogP contribution in [0.25, 0.3) is 0 Å². The standard InChI is InChI=1S/C22H28N2O3S/c1-16-5-3-7-20(17(16)2)23-21(25)14-24(13-19-6-4-11-27-19)22(26)9-8-18-10-12-28-15-18/h3,5,7,10,12,15,19H,4,6,8-9,11,13-14H2,1-2H3,(H,23,25). The molecule has 1 N–H and O–H groups in total. The van der Waals surface area contributed by atoms with E-state index in [-0.39, 0.29) is 24.5 Å². The maximum atomic E-state index is 12.8. The first-order chi connectivity index (χ1) is 13.5. The number of anilines is 1. The third kappa shape index (κ3) is 5.66. The fourth-order valence-electron chi connectivity index (χ4n) is 3.38. The molecular formula is C22H28N2O3S. The van der Waals surface area contributed by atoms with Crippen molar-refractivity contribution in [1.29, 1.82) is 0 Å². The van der Waals surface area contributed by atoms with E-state index in [9.17, 15) is 9.59 Å². The number of benzene rings is 1. The normalized spacial score (nSPS) is 16.1. The van der Waals surface area contributed by atoms with Gasteiger partial charge >= 0.3 is 0 Å². The third-order valence-electron chi connectivity index (χ3n) is 5.22. The number of thiophene rings is 1. The molecule has 1 aliphatic heterocycles. The zero-order valence-electron chi connectivity index (χ0n) is 16.6. The van der Waals surface area contributed by atoms with Crippen molar-refractivity contribution in [2.24, 2.45) is 0 Å². The molecule has 150 valence electrons. The van der Waals surface area contributed by atoms with E-state index in [1.807, 2.05) is 43.5 Å². The molecule has 0 radical (unpaired) electrons. The first-order valence-corrected chi connectivity index (χ1v) is 10.7. The maximum absolute atomic E-state index is 12.8. The van der Waals surface area contributed by atoms with Crippen LogP contribution in [0.5, 0.6) is 0 Å². The van der Waals surface area contributed by atoms with E-state index in [1.165, 1.54) is 0 Å². The minimum absolute atomic E-state index is 0.00202. The van der Waals surface area contributed by atoms with Gasteiger partial charge in [-0.1, -0.05) is 12.1 Å². The SMILES string of the molecule is Cc1cccc(NC(=O)CN(CC2CCCO2)C(=O)CCc2ccsc2)c1C. The van der Waals surface area contributed by atoms with Gasteiger partial charge in [0.25, 0.3) is 0 Å². The fourth-order valence-corrected chi connectivity index (χ4v) is 4.09. The Labute approximate surface area is 170 Å². The number of nitrogens with one attached hydrogen (secondary N) is 1. The summed E-state index contributed by atoms with van der Waals surface area (Å²) in [4.78, 5) is 27.1. The van der Waals surface area contributed by atoms with Gasteiger partial charge in [-0.05, 0) is 72.7 Å². The number of rotatable bonds is 8. The van der Waals surface area contributed by atoms with Gasteiger partial charge in [-0.25, -0.2) is 0 Å². The van der Waals surface area contributed by atoms with Gasteiger partial charge in [-0.15, -0.1) is 0 Å². The molecule has 0 aliphatic carbocycles. The van der Waals surface area contributed by atoms with Crippen molar-refractivity contribution in [2.75, 3.05) is 25.0 Å². The molecule has 2 heterocycles. The number of carbonyl (C=O) groups excluding carboxylic acids is 2. The number of hydrogen-bond acceptors (Lipinski definition) is 4. The van der Waals surface area contributed by atoms with Crippen molar-refractivity contribution < 1.29 is 14.3 Å².